The minimum Gasteiger partial charge on any atom is -0.491 e. The highest BCUT2D eigenvalue weighted by Gasteiger charge is 2.15. The highest BCUT2D eigenvalue weighted by atomic mass is 35.5. The first kappa shape index (κ1) is 13.9. The summed E-state index contributed by atoms with van der Waals surface area (Å²) in [5.41, 5.74) is 3.74. The SMILES string of the molecule is CCn1nccc1C(COc1cccc(Cl)c1)NN. The van der Waals surface area contributed by atoms with Crippen LogP contribution in [0.4, 0.5) is 0 Å². The van der Waals surface area contributed by atoms with Gasteiger partial charge in [-0.1, -0.05) is 17.7 Å². The fourth-order valence-electron chi connectivity index (χ4n) is 1.86. The van der Waals surface area contributed by atoms with Crippen LogP contribution in [0.5, 0.6) is 5.75 Å². The van der Waals surface area contributed by atoms with E-state index in [1.165, 1.54) is 0 Å². The van der Waals surface area contributed by atoms with Gasteiger partial charge in [-0.05, 0) is 31.2 Å². The van der Waals surface area contributed by atoms with Crippen LogP contribution in [-0.4, -0.2) is 16.4 Å². The van der Waals surface area contributed by atoms with E-state index in [2.05, 4.69) is 10.5 Å². The van der Waals surface area contributed by atoms with Gasteiger partial charge in [0.15, 0.2) is 0 Å². The predicted octanol–water partition coefficient (Wildman–Crippen LogP) is 2.14. The molecular formula is C13H17ClN4O. The maximum Gasteiger partial charge on any atom is 0.120 e. The Balaban J connectivity index is 2.04. The Hall–Kier alpha value is -1.56. The van der Waals surface area contributed by atoms with E-state index in [-0.39, 0.29) is 6.04 Å². The Morgan fingerprint density at radius 2 is 2.32 bits per heavy atom. The molecule has 5 nitrogen and oxygen atoms in total. The number of halogens is 1. The molecule has 2 rings (SSSR count). The largest absolute Gasteiger partial charge is 0.491 e. The van der Waals surface area contributed by atoms with E-state index in [0.29, 0.717) is 11.6 Å². The third kappa shape index (κ3) is 3.47. The summed E-state index contributed by atoms with van der Waals surface area (Å²) in [6, 6.07) is 9.08. The summed E-state index contributed by atoms with van der Waals surface area (Å²) in [4.78, 5) is 0. The lowest BCUT2D eigenvalue weighted by Crippen LogP contribution is -2.34. The van der Waals surface area contributed by atoms with Gasteiger partial charge in [-0.3, -0.25) is 10.5 Å². The van der Waals surface area contributed by atoms with Crippen molar-refractivity contribution in [2.45, 2.75) is 19.5 Å². The van der Waals surface area contributed by atoms with Crippen LogP contribution in [0.1, 0.15) is 18.7 Å². The lowest BCUT2D eigenvalue weighted by Gasteiger charge is -2.18. The zero-order valence-corrected chi connectivity index (χ0v) is 11.5. The maximum absolute atomic E-state index is 5.91. The highest BCUT2D eigenvalue weighted by Crippen LogP contribution is 2.19. The minimum absolute atomic E-state index is 0.124. The Morgan fingerprint density at radius 1 is 1.47 bits per heavy atom. The molecule has 3 N–H and O–H groups in total. The van der Waals surface area contributed by atoms with Crippen LogP contribution in [0.2, 0.25) is 5.02 Å². The summed E-state index contributed by atoms with van der Waals surface area (Å²) in [5, 5.41) is 4.86. The molecule has 102 valence electrons. The van der Waals surface area contributed by atoms with Crippen LogP contribution in [0.25, 0.3) is 0 Å². The molecule has 1 unspecified atom stereocenters. The molecule has 6 heteroatoms. The van der Waals surface area contributed by atoms with Crippen molar-refractivity contribution in [1.82, 2.24) is 15.2 Å². The van der Waals surface area contributed by atoms with Crippen molar-refractivity contribution in [3.63, 3.8) is 0 Å². The monoisotopic (exact) mass is 280 g/mol. The summed E-state index contributed by atoms with van der Waals surface area (Å²) in [5.74, 6) is 6.30. The molecule has 0 bridgehead atoms. The molecule has 1 atom stereocenters. The van der Waals surface area contributed by atoms with Crippen molar-refractivity contribution in [1.29, 1.82) is 0 Å². The number of aromatic nitrogens is 2. The van der Waals surface area contributed by atoms with E-state index in [0.717, 1.165) is 18.0 Å². The number of rotatable bonds is 6. The molecule has 0 aliphatic carbocycles. The van der Waals surface area contributed by atoms with Gasteiger partial charge in [0, 0.05) is 17.8 Å². The summed E-state index contributed by atoms with van der Waals surface area (Å²) in [7, 11) is 0. The number of nitrogens with one attached hydrogen (secondary N) is 1. The van der Waals surface area contributed by atoms with Crippen molar-refractivity contribution in [2.24, 2.45) is 5.84 Å². The summed E-state index contributed by atoms with van der Waals surface area (Å²) in [6.07, 6.45) is 1.75. The summed E-state index contributed by atoms with van der Waals surface area (Å²) < 4.78 is 7.58. The standard InChI is InChI=1S/C13H17ClN4O/c1-2-18-13(6-7-16-18)12(17-15)9-19-11-5-3-4-10(14)8-11/h3-8,12,17H,2,9,15H2,1H3. The second kappa shape index (κ2) is 6.56. The van der Waals surface area contributed by atoms with Crippen LogP contribution in [0.15, 0.2) is 36.5 Å². The molecule has 2 aromatic rings. The van der Waals surface area contributed by atoms with Crippen molar-refractivity contribution in [3.8, 4) is 5.75 Å². The first-order valence-corrected chi connectivity index (χ1v) is 6.48. The van der Waals surface area contributed by atoms with Crippen molar-refractivity contribution in [2.75, 3.05) is 6.61 Å². The Morgan fingerprint density at radius 3 is 3.00 bits per heavy atom. The lowest BCUT2D eigenvalue weighted by atomic mass is 10.2. The first-order chi connectivity index (χ1) is 9.24. The average molecular weight is 281 g/mol. The molecule has 0 aliphatic rings. The molecule has 0 radical (unpaired) electrons. The number of benzene rings is 1. The topological polar surface area (TPSA) is 65.1 Å². The number of hydrogen-bond donors (Lipinski definition) is 2. The van der Waals surface area contributed by atoms with Gasteiger partial charge in [-0.25, -0.2) is 5.43 Å². The third-order valence-electron chi connectivity index (χ3n) is 2.82. The quantitative estimate of drug-likeness (QED) is 0.628. The van der Waals surface area contributed by atoms with Crippen LogP contribution in [0, 0.1) is 0 Å². The number of nitrogens with two attached hydrogens (primary N) is 1. The second-order valence-electron chi connectivity index (χ2n) is 4.06. The molecule has 19 heavy (non-hydrogen) atoms. The van der Waals surface area contributed by atoms with E-state index < -0.39 is 0 Å². The normalized spacial score (nSPS) is 12.4. The van der Waals surface area contributed by atoms with E-state index in [1.54, 1.807) is 18.3 Å². The smallest absolute Gasteiger partial charge is 0.120 e. The van der Waals surface area contributed by atoms with Gasteiger partial charge < -0.3 is 4.74 Å². The highest BCUT2D eigenvalue weighted by molar-refractivity contribution is 6.30. The van der Waals surface area contributed by atoms with Gasteiger partial charge in [0.2, 0.25) is 0 Å². The first-order valence-electron chi connectivity index (χ1n) is 6.10. The predicted molar refractivity (Wildman–Crippen MR) is 74.9 cm³/mol. The lowest BCUT2D eigenvalue weighted by molar-refractivity contribution is 0.260. The van der Waals surface area contributed by atoms with Gasteiger partial charge >= 0.3 is 0 Å². The van der Waals surface area contributed by atoms with Crippen LogP contribution in [0.3, 0.4) is 0 Å². The molecular weight excluding hydrogens is 264 g/mol. The van der Waals surface area contributed by atoms with Gasteiger partial charge in [0.1, 0.15) is 12.4 Å². The van der Waals surface area contributed by atoms with Crippen molar-refractivity contribution >= 4 is 11.6 Å². The summed E-state index contributed by atoms with van der Waals surface area (Å²) >= 11 is 5.91. The zero-order chi connectivity index (χ0) is 13.7. The molecule has 1 aromatic carbocycles. The summed E-state index contributed by atoms with van der Waals surface area (Å²) in [6.45, 7) is 3.22. The number of ether oxygens (including phenoxy) is 1. The molecule has 0 aliphatic heterocycles. The number of hydrogen-bond acceptors (Lipinski definition) is 4. The Labute approximate surface area is 117 Å². The maximum atomic E-state index is 5.91. The van der Waals surface area contributed by atoms with Gasteiger partial charge in [0.25, 0.3) is 0 Å². The molecule has 0 saturated heterocycles. The zero-order valence-electron chi connectivity index (χ0n) is 10.7. The fourth-order valence-corrected chi connectivity index (χ4v) is 2.04. The molecule has 1 aromatic heterocycles. The Bertz CT molecular complexity index is 529. The number of nitrogens with zero attached hydrogens (tertiary/aromatic N) is 2. The van der Waals surface area contributed by atoms with E-state index in [1.807, 2.05) is 29.8 Å². The van der Waals surface area contributed by atoms with Crippen molar-refractivity contribution in [3.05, 3.63) is 47.2 Å². The average Bonchev–Trinajstić information content (AvgIpc) is 2.88. The van der Waals surface area contributed by atoms with Crippen molar-refractivity contribution < 1.29 is 4.74 Å². The van der Waals surface area contributed by atoms with E-state index >= 15 is 0 Å². The molecule has 0 spiro atoms. The molecule has 1 heterocycles. The minimum atomic E-state index is -0.124. The van der Waals surface area contributed by atoms with Gasteiger partial charge in [-0.2, -0.15) is 5.10 Å². The van der Waals surface area contributed by atoms with Crippen LogP contribution >= 0.6 is 11.6 Å². The number of aryl methyl sites for hydroxylation is 1. The molecule has 0 amide bonds. The van der Waals surface area contributed by atoms with E-state index in [9.17, 15) is 0 Å². The van der Waals surface area contributed by atoms with Gasteiger partial charge in [0.05, 0.1) is 11.7 Å². The molecule has 0 saturated carbocycles. The molecule has 0 fully saturated rings. The van der Waals surface area contributed by atoms with E-state index in [4.69, 9.17) is 22.2 Å². The van der Waals surface area contributed by atoms with Gasteiger partial charge in [-0.15, -0.1) is 0 Å². The number of hydrazine groups is 1. The van der Waals surface area contributed by atoms with Crippen LogP contribution in [-0.2, 0) is 6.54 Å². The fraction of sp³-hybridized carbons (Fsp3) is 0.308. The second-order valence-corrected chi connectivity index (χ2v) is 4.50. The third-order valence-corrected chi connectivity index (χ3v) is 3.05. The van der Waals surface area contributed by atoms with Crippen LogP contribution < -0.4 is 16.0 Å². The Kier molecular flexibility index (Phi) is 4.79.